The Morgan fingerprint density at radius 1 is 1.25 bits per heavy atom. The summed E-state index contributed by atoms with van der Waals surface area (Å²) in [5.41, 5.74) is 1.14. The zero-order chi connectivity index (χ0) is 11.9. The largest absolute Gasteiger partial charge is 0.416 e. The summed E-state index contributed by atoms with van der Waals surface area (Å²) in [6.07, 6.45) is -2.28. The molecule has 0 radical (unpaired) electrons. The van der Waals surface area contributed by atoms with E-state index in [2.05, 4.69) is 4.98 Å². The highest BCUT2D eigenvalue weighted by Gasteiger charge is 2.36. The van der Waals surface area contributed by atoms with Crippen LogP contribution in [-0.2, 0) is 19.0 Å². The average molecular weight is 229 g/mol. The van der Waals surface area contributed by atoms with Crippen LogP contribution in [0.1, 0.15) is 48.7 Å². The minimum absolute atomic E-state index is 0.0343. The van der Waals surface area contributed by atoms with Gasteiger partial charge in [-0.3, -0.25) is 4.98 Å². The van der Waals surface area contributed by atoms with Crippen LogP contribution in [0.4, 0.5) is 13.2 Å². The number of rotatable bonds is 1. The number of aromatic nitrogens is 1. The summed E-state index contributed by atoms with van der Waals surface area (Å²) in [7, 11) is 0. The van der Waals surface area contributed by atoms with Crippen LogP contribution in [0, 0.1) is 0 Å². The van der Waals surface area contributed by atoms with Crippen molar-refractivity contribution in [2.24, 2.45) is 0 Å². The highest BCUT2D eigenvalue weighted by molar-refractivity contribution is 5.38. The molecule has 0 saturated heterocycles. The maximum absolute atomic E-state index is 12.9. The lowest BCUT2D eigenvalue weighted by Gasteiger charge is -2.15. The van der Waals surface area contributed by atoms with Gasteiger partial charge in [-0.25, -0.2) is 0 Å². The lowest BCUT2D eigenvalue weighted by molar-refractivity contribution is -0.138. The first kappa shape index (κ1) is 11.4. The van der Waals surface area contributed by atoms with E-state index in [-0.39, 0.29) is 5.92 Å². The number of nitrogens with zero attached hydrogens (tertiary/aromatic N) is 1. The van der Waals surface area contributed by atoms with Crippen LogP contribution in [0.2, 0.25) is 0 Å². The third-order valence-corrected chi connectivity index (χ3v) is 2.97. The molecule has 0 bridgehead atoms. The Hall–Kier alpha value is -1.06. The van der Waals surface area contributed by atoms with E-state index in [1.165, 1.54) is 6.07 Å². The molecule has 1 heterocycles. The lowest BCUT2D eigenvalue weighted by atomic mass is 10.0. The topological polar surface area (TPSA) is 12.9 Å². The number of hydrogen-bond donors (Lipinski definition) is 0. The van der Waals surface area contributed by atoms with E-state index in [4.69, 9.17) is 0 Å². The van der Waals surface area contributed by atoms with Gasteiger partial charge in [0.25, 0.3) is 0 Å². The molecule has 1 nitrogen and oxygen atoms in total. The van der Waals surface area contributed by atoms with Crippen LogP contribution in [-0.4, -0.2) is 4.98 Å². The third kappa shape index (κ3) is 1.93. The number of alkyl halides is 3. The summed E-state index contributed by atoms with van der Waals surface area (Å²) in [5, 5.41) is 0. The Labute approximate surface area is 92.7 Å². The minimum Gasteiger partial charge on any atom is -0.257 e. The molecular weight excluding hydrogens is 215 g/mol. The summed E-state index contributed by atoms with van der Waals surface area (Å²) in [5.74, 6) is 0.0343. The number of fused-ring (bicyclic) bond motifs is 1. The predicted octanol–water partition coefficient (Wildman–Crippen LogP) is 3.71. The summed E-state index contributed by atoms with van der Waals surface area (Å²) < 4.78 is 38.6. The predicted molar refractivity (Wildman–Crippen MR) is 55.4 cm³/mol. The standard InChI is InChI=1S/C12H14F3N/c1-7(2)11-6-9(12(13,14)15)8-4-3-5-10(8)16-11/h6-7H,3-5H2,1-2H3. The van der Waals surface area contributed by atoms with Crippen molar-refractivity contribution in [3.63, 3.8) is 0 Å². The molecule has 1 aliphatic rings. The summed E-state index contributed by atoms with van der Waals surface area (Å²) in [6, 6.07) is 1.22. The van der Waals surface area contributed by atoms with Gasteiger partial charge < -0.3 is 0 Å². The fourth-order valence-corrected chi connectivity index (χ4v) is 2.11. The number of halogens is 3. The number of pyridine rings is 1. The molecule has 0 saturated carbocycles. The van der Waals surface area contributed by atoms with Gasteiger partial charge in [0.15, 0.2) is 0 Å². The molecule has 0 aromatic carbocycles. The first-order chi connectivity index (χ1) is 7.39. The normalized spacial score (nSPS) is 15.6. The van der Waals surface area contributed by atoms with E-state index < -0.39 is 11.7 Å². The van der Waals surface area contributed by atoms with Gasteiger partial charge in [-0.2, -0.15) is 13.2 Å². The quantitative estimate of drug-likeness (QED) is 0.715. The fraction of sp³-hybridized carbons (Fsp3) is 0.583. The number of aryl methyl sites for hydroxylation is 1. The van der Waals surface area contributed by atoms with Crippen molar-refractivity contribution in [2.45, 2.75) is 45.2 Å². The second kappa shape index (κ2) is 3.75. The van der Waals surface area contributed by atoms with E-state index in [9.17, 15) is 13.2 Å². The van der Waals surface area contributed by atoms with Crippen LogP contribution >= 0.6 is 0 Å². The zero-order valence-electron chi connectivity index (χ0n) is 9.36. The van der Waals surface area contributed by atoms with Crippen LogP contribution in [0.15, 0.2) is 6.07 Å². The van der Waals surface area contributed by atoms with E-state index in [1.807, 2.05) is 13.8 Å². The molecule has 0 amide bonds. The molecule has 0 aliphatic heterocycles. The van der Waals surface area contributed by atoms with Crippen molar-refractivity contribution in [3.8, 4) is 0 Å². The third-order valence-electron chi connectivity index (χ3n) is 2.97. The van der Waals surface area contributed by atoms with Gasteiger partial charge in [0.1, 0.15) is 0 Å². The Kier molecular flexibility index (Phi) is 2.68. The van der Waals surface area contributed by atoms with Gasteiger partial charge in [0.2, 0.25) is 0 Å². The molecule has 0 atom stereocenters. The van der Waals surface area contributed by atoms with Gasteiger partial charge in [-0.15, -0.1) is 0 Å². The van der Waals surface area contributed by atoms with Gasteiger partial charge in [0, 0.05) is 11.4 Å². The van der Waals surface area contributed by atoms with E-state index in [0.717, 1.165) is 6.42 Å². The van der Waals surface area contributed by atoms with Crippen LogP contribution in [0.25, 0.3) is 0 Å². The molecule has 0 N–H and O–H groups in total. The summed E-state index contributed by atoms with van der Waals surface area (Å²) in [4.78, 5) is 4.33. The van der Waals surface area contributed by atoms with Crippen LogP contribution < -0.4 is 0 Å². The molecule has 0 fully saturated rings. The second-order valence-corrected chi connectivity index (χ2v) is 4.53. The van der Waals surface area contributed by atoms with E-state index in [1.54, 1.807) is 0 Å². The van der Waals surface area contributed by atoms with Crippen molar-refractivity contribution in [1.82, 2.24) is 4.98 Å². The van der Waals surface area contributed by atoms with Crippen LogP contribution in [0.5, 0.6) is 0 Å². The summed E-state index contributed by atoms with van der Waals surface area (Å²) >= 11 is 0. The maximum Gasteiger partial charge on any atom is 0.416 e. The van der Waals surface area contributed by atoms with Crippen molar-refractivity contribution < 1.29 is 13.2 Å². The maximum atomic E-state index is 12.9. The average Bonchev–Trinajstić information content (AvgIpc) is 2.61. The molecule has 2 rings (SSSR count). The molecule has 4 heteroatoms. The Balaban J connectivity index is 2.58. The highest BCUT2D eigenvalue weighted by atomic mass is 19.4. The monoisotopic (exact) mass is 229 g/mol. The lowest BCUT2D eigenvalue weighted by Crippen LogP contribution is -2.12. The second-order valence-electron chi connectivity index (χ2n) is 4.53. The Bertz CT molecular complexity index is 407. The molecule has 0 spiro atoms. The minimum atomic E-state index is -4.25. The fourth-order valence-electron chi connectivity index (χ4n) is 2.11. The van der Waals surface area contributed by atoms with Crippen molar-refractivity contribution in [2.75, 3.05) is 0 Å². The molecule has 16 heavy (non-hydrogen) atoms. The van der Waals surface area contributed by atoms with Gasteiger partial charge in [0.05, 0.1) is 5.56 Å². The Morgan fingerprint density at radius 3 is 2.50 bits per heavy atom. The van der Waals surface area contributed by atoms with Crippen molar-refractivity contribution in [1.29, 1.82) is 0 Å². The van der Waals surface area contributed by atoms with Gasteiger partial charge >= 0.3 is 6.18 Å². The first-order valence-corrected chi connectivity index (χ1v) is 5.49. The molecule has 1 aliphatic carbocycles. The van der Waals surface area contributed by atoms with Gasteiger partial charge in [-0.05, 0) is 36.8 Å². The molecule has 1 aromatic heterocycles. The first-order valence-electron chi connectivity index (χ1n) is 5.49. The van der Waals surface area contributed by atoms with E-state index in [0.29, 0.717) is 29.8 Å². The smallest absolute Gasteiger partial charge is 0.257 e. The van der Waals surface area contributed by atoms with Crippen molar-refractivity contribution >= 4 is 0 Å². The number of hydrogen-bond acceptors (Lipinski definition) is 1. The molecule has 1 aromatic rings. The highest BCUT2D eigenvalue weighted by Crippen LogP contribution is 2.37. The summed E-state index contributed by atoms with van der Waals surface area (Å²) in [6.45, 7) is 3.73. The zero-order valence-corrected chi connectivity index (χ0v) is 9.36. The van der Waals surface area contributed by atoms with E-state index >= 15 is 0 Å². The SMILES string of the molecule is CC(C)c1cc(C(F)(F)F)c2c(n1)CCC2. The molecular formula is C12H14F3N. The Morgan fingerprint density at radius 2 is 1.94 bits per heavy atom. The van der Waals surface area contributed by atoms with Gasteiger partial charge in [-0.1, -0.05) is 13.8 Å². The van der Waals surface area contributed by atoms with Crippen LogP contribution in [0.3, 0.4) is 0 Å². The van der Waals surface area contributed by atoms with Crippen molar-refractivity contribution in [3.05, 3.63) is 28.6 Å². The molecule has 0 unspecified atom stereocenters. The molecule has 88 valence electrons.